The van der Waals surface area contributed by atoms with Crippen LogP contribution in [-0.2, 0) is 17.1 Å². The first-order valence-corrected chi connectivity index (χ1v) is 13.5. The van der Waals surface area contributed by atoms with Crippen LogP contribution in [0.15, 0.2) is 88.7 Å². The van der Waals surface area contributed by atoms with Crippen molar-refractivity contribution in [3.63, 3.8) is 0 Å². The second-order valence-electron chi connectivity index (χ2n) is 9.90. The first kappa shape index (κ1) is 27.7. The van der Waals surface area contributed by atoms with Crippen LogP contribution in [0.1, 0.15) is 31.1 Å². The van der Waals surface area contributed by atoms with Crippen molar-refractivity contribution in [1.29, 1.82) is 0 Å². The normalized spacial score (nSPS) is 11.7. The molecule has 3 N–H and O–H groups in total. The summed E-state index contributed by atoms with van der Waals surface area (Å²) in [6.45, 7) is 5.44. The SMILES string of the molecule is Cn1cc(-c2cccc(N(C(=O)c3ccccc3)C(C)(C)C)c2F)nc(Nc2ccc(S(N)(=O)=O)cc2)c1=O. The van der Waals surface area contributed by atoms with E-state index in [2.05, 4.69) is 10.3 Å². The van der Waals surface area contributed by atoms with Gasteiger partial charge in [-0.25, -0.2) is 22.9 Å². The zero-order valence-corrected chi connectivity index (χ0v) is 22.7. The fourth-order valence-corrected chi connectivity index (χ4v) is 4.57. The zero-order valence-electron chi connectivity index (χ0n) is 21.8. The maximum absolute atomic E-state index is 16.2. The summed E-state index contributed by atoms with van der Waals surface area (Å²) in [5.41, 5.74) is -0.145. The molecule has 9 nitrogen and oxygen atoms in total. The Bertz CT molecular complexity index is 1700. The van der Waals surface area contributed by atoms with Gasteiger partial charge in [0.1, 0.15) is 0 Å². The van der Waals surface area contributed by atoms with Crippen molar-refractivity contribution < 1.29 is 17.6 Å². The summed E-state index contributed by atoms with van der Waals surface area (Å²) in [5.74, 6) is -1.14. The molecule has 0 atom stereocenters. The van der Waals surface area contributed by atoms with Crippen LogP contribution in [0.2, 0.25) is 0 Å². The van der Waals surface area contributed by atoms with Gasteiger partial charge in [-0.3, -0.25) is 9.59 Å². The lowest BCUT2D eigenvalue weighted by molar-refractivity contribution is 0.0964. The molecule has 0 saturated carbocycles. The summed E-state index contributed by atoms with van der Waals surface area (Å²) in [7, 11) is -2.37. The third-order valence-electron chi connectivity index (χ3n) is 5.91. The Labute approximate surface area is 225 Å². The third kappa shape index (κ3) is 5.89. The van der Waals surface area contributed by atoms with Gasteiger partial charge >= 0.3 is 0 Å². The first-order valence-electron chi connectivity index (χ1n) is 11.9. The van der Waals surface area contributed by atoms with Crippen LogP contribution in [-0.4, -0.2) is 29.4 Å². The van der Waals surface area contributed by atoms with Gasteiger partial charge in [-0.2, -0.15) is 0 Å². The molecule has 0 saturated heterocycles. The number of hydrogen-bond donors (Lipinski definition) is 2. The molecule has 4 aromatic rings. The average molecular weight is 550 g/mol. The molecule has 39 heavy (non-hydrogen) atoms. The van der Waals surface area contributed by atoms with E-state index in [-0.39, 0.29) is 33.6 Å². The number of benzene rings is 3. The van der Waals surface area contributed by atoms with Crippen molar-refractivity contribution >= 4 is 33.1 Å². The molecule has 0 spiro atoms. The molecule has 0 radical (unpaired) electrons. The van der Waals surface area contributed by atoms with E-state index in [9.17, 15) is 18.0 Å². The molecule has 1 aromatic heterocycles. The Hall–Kier alpha value is -4.35. The molecule has 0 fully saturated rings. The Kier molecular flexibility index (Phi) is 7.40. The maximum Gasteiger partial charge on any atom is 0.293 e. The number of carbonyl (C=O) groups is 1. The van der Waals surface area contributed by atoms with Crippen molar-refractivity contribution in [2.75, 3.05) is 10.2 Å². The molecule has 11 heteroatoms. The molecule has 0 aliphatic rings. The highest BCUT2D eigenvalue weighted by molar-refractivity contribution is 7.89. The maximum atomic E-state index is 16.2. The van der Waals surface area contributed by atoms with E-state index in [4.69, 9.17) is 5.14 Å². The Morgan fingerprint density at radius 1 is 1.00 bits per heavy atom. The van der Waals surface area contributed by atoms with Gasteiger partial charge in [-0.05, 0) is 69.3 Å². The topological polar surface area (TPSA) is 127 Å². The van der Waals surface area contributed by atoms with Gasteiger partial charge in [-0.15, -0.1) is 0 Å². The van der Waals surface area contributed by atoms with E-state index in [1.807, 2.05) is 20.8 Å². The van der Waals surface area contributed by atoms with Gasteiger partial charge in [0.2, 0.25) is 10.0 Å². The van der Waals surface area contributed by atoms with Gasteiger partial charge in [0.25, 0.3) is 11.5 Å². The summed E-state index contributed by atoms with van der Waals surface area (Å²) in [5, 5.41) is 8.00. The number of primary sulfonamides is 1. The van der Waals surface area contributed by atoms with Crippen LogP contribution in [0, 0.1) is 5.82 Å². The van der Waals surface area contributed by atoms with Crippen LogP contribution < -0.4 is 20.9 Å². The lowest BCUT2D eigenvalue weighted by Crippen LogP contribution is -2.46. The number of halogens is 1. The minimum atomic E-state index is -3.88. The fraction of sp³-hybridized carbons (Fsp3) is 0.179. The van der Waals surface area contributed by atoms with Gasteiger partial charge in [-0.1, -0.05) is 24.3 Å². The van der Waals surface area contributed by atoms with Crippen molar-refractivity contribution in [3.05, 3.63) is 101 Å². The number of nitrogens with zero attached hydrogens (tertiary/aromatic N) is 3. The van der Waals surface area contributed by atoms with Crippen molar-refractivity contribution in [2.24, 2.45) is 12.2 Å². The number of aryl methyl sites for hydroxylation is 1. The van der Waals surface area contributed by atoms with Gasteiger partial charge < -0.3 is 14.8 Å². The third-order valence-corrected chi connectivity index (χ3v) is 6.84. The smallest absolute Gasteiger partial charge is 0.293 e. The molecular formula is C28H28FN5O4S. The Balaban J connectivity index is 1.77. The number of nitrogens with two attached hydrogens (primary N) is 1. The van der Waals surface area contributed by atoms with Crippen LogP contribution in [0.4, 0.5) is 21.6 Å². The highest BCUT2D eigenvalue weighted by Crippen LogP contribution is 2.34. The second kappa shape index (κ2) is 10.4. The molecule has 3 aromatic carbocycles. The first-order chi connectivity index (χ1) is 18.3. The van der Waals surface area contributed by atoms with E-state index in [0.717, 1.165) is 0 Å². The molecule has 0 aliphatic carbocycles. The zero-order chi connectivity index (χ0) is 28.5. The number of nitrogens with one attached hydrogen (secondary N) is 1. The van der Waals surface area contributed by atoms with Crippen molar-refractivity contribution in [1.82, 2.24) is 9.55 Å². The summed E-state index contributed by atoms with van der Waals surface area (Å²) in [4.78, 5) is 31.9. The van der Waals surface area contributed by atoms with E-state index < -0.39 is 26.9 Å². The number of hydrogen-bond acceptors (Lipinski definition) is 6. The van der Waals surface area contributed by atoms with E-state index >= 15 is 4.39 Å². The quantitative estimate of drug-likeness (QED) is 0.367. The van der Waals surface area contributed by atoms with Crippen molar-refractivity contribution in [3.8, 4) is 11.3 Å². The summed E-state index contributed by atoms with van der Waals surface area (Å²) >= 11 is 0. The molecule has 1 heterocycles. The lowest BCUT2D eigenvalue weighted by atomic mass is 10.0. The number of carbonyl (C=O) groups excluding carboxylic acids is 1. The molecule has 4 rings (SSSR count). The molecule has 0 aliphatic heterocycles. The predicted molar refractivity (Wildman–Crippen MR) is 149 cm³/mol. The van der Waals surface area contributed by atoms with Gasteiger partial charge in [0.15, 0.2) is 11.6 Å². The largest absolute Gasteiger partial charge is 0.336 e. The average Bonchev–Trinajstić information content (AvgIpc) is 2.87. The molecule has 202 valence electrons. The van der Waals surface area contributed by atoms with Crippen LogP contribution in [0.25, 0.3) is 11.3 Å². The molecule has 0 bridgehead atoms. The predicted octanol–water partition coefficient (Wildman–Crippen LogP) is 4.42. The lowest BCUT2D eigenvalue weighted by Gasteiger charge is -2.36. The molecule has 1 amide bonds. The van der Waals surface area contributed by atoms with Gasteiger partial charge in [0.05, 0.1) is 16.3 Å². The Morgan fingerprint density at radius 2 is 1.64 bits per heavy atom. The number of aromatic nitrogens is 2. The summed E-state index contributed by atoms with van der Waals surface area (Å²) in [6.07, 6.45) is 1.40. The van der Waals surface area contributed by atoms with Gasteiger partial charge in [0, 0.05) is 35.6 Å². The minimum absolute atomic E-state index is 0.0672. The highest BCUT2D eigenvalue weighted by atomic mass is 32.2. The minimum Gasteiger partial charge on any atom is -0.336 e. The molecule has 0 unspecified atom stereocenters. The number of amides is 1. The van der Waals surface area contributed by atoms with E-state index in [1.165, 1.54) is 59.1 Å². The highest BCUT2D eigenvalue weighted by Gasteiger charge is 2.32. The molecular weight excluding hydrogens is 521 g/mol. The summed E-state index contributed by atoms with van der Waals surface area (Å²) < 4.78 is 40.5. The van der Waals surface area contributed by atoms with Crippen LogP contribution in [0.3, 0.4) is 0 Å². The van der Waals surface area contributed by atoms with Crippen molar-refractivity contribution in [2.45, 2.75) is 31.2 Å². The van der Waals surface area contributed by atoms with Crippen LogP contribution in [0.5, 0.6) is 0 Å². The fourth-order valence-electron chi connectivity index (χ4n) is 4.06. The standard InChI is InChI=1S/C28H28FN5O4S/c1-28(2,3)34(26(35)18-9-6-5-7-10-18)23-12-8-11-21(24(23)29)22-17-33(4)27(36)25(32-22)31-19-13-15-20(16-14-19)39(30,37)38/h5-17H,1-4H3,(H,31,32)(H2,30,37,38). The van der Waals surface area contributed by atoms with Crippen LogP contribution >= 0.6 is 0 Å². The Morgan fingerprint density at radius 3 is 2.23 bits per heavy atom. The van der Waals surface area contributed by atoms with E-state index in [0.29, 0.717) is 11.3 Å². The number of sulfonamides is 1. The number of anilines is 3. The number of rotatable bonds is 6. The van der Waals surface area contributed by atoms with E-state index in [1.54, 1.807) is 36.4 Å². The monoisotopic (exact) mass is 549 g/mol. The second-order valence-corrected chi connectivity index (χ2v) is 11.5. The summed E-state index contributed by atoms with van der Waals surface area (Å²) in [6, 6.07) is 18.7.